The van der Waals surface area contributed by atoms with Gasteiger partial charge in [-0.3, -0.25) is 9.59 Å². The molecule has 0 aromatic heterocycles. The highest BCUT2D eigenvalue weighted by atomic mass is 16.2. The molecule has 1 aromatic carbocycles. The fourth-order valence-electron chi connectivity index (χ4n) is 3.23. The molecule has 5 nitrogen and oxygen atoms in total. The van der Waals surface area contributed by atoms with Crippen molar-refractivity contribution in [3.63, 3.8) is 0 Å². The van der Waals surface area contributed by atoms with Crippen molar-refractivity contribution in [2.75, 3.05) is 37.6 Å². The number of carbonyl (C=O) groups is 2. The van der Waals surface area contributed by atoms with Crippen LogP contribution in [0, 0.1) is 5.92 Å². The molecular weight excluding hydrogens is 302 g/mol. The number of amides is 2. The van der Waals surface area contributed by atoms with E-state index in [2.05, 4.69) is 29.3 Å². The molecule has 0 bridgehead atoms. The Hall–Kier alpha value is -2.04. The predicted molar refractivity (Wildman–Crippen MR) is 99.0 cm³/mol. The Morgan fingerprint density at radius 1 is 1.21 bits per heavy atom. The van der Waals surface area contributed by atoms with Crippen LogP contribution in [0.15, 0.2) is 30.3 Å². The maximum absolute atomic E-state index is 12.8. The Balaban J connectivity index is 0.00000312. The van der Waals surface area contributed by atoms with Crippen molar-refractivity contribution < 1.29 is 11.0 Å². The van der Waals surface area contributed by atoms with Gasteiger partial charge in [-0.05, 0) is 18.6 Å². The molecule has 5 heteroatoms. The van der Waals surface area contributed by atoms with Gasteiger partial charge in [0, 0.05) is 39.8 Å². The van der Waals surface area contributed by atoms with Gasteiger partial charge in [-0.1, -0.05) is 44.4 Å². The number of para-hydroxylation sites is 1. The highest BCUT2D eigenvalue weighted by Crippen LogP contribution is 2.18. The van der Waals surface area contributed by atoms with Gasteiger partial charge < -0.3 is 15.1 Å². The van der Waals surface area contributed by atoms with Crippen LogP contribution in [0.25, 0.3) is 0 Å². The van der Waals surface area contributed by atoms with Crippen LogP contribution >= 0.6 is 0 Å². The van der Waals surface area contributed by atoms with E-state index < -0.39 is 0 Å². The zero-order valence-electron chi connectivity index (χ0n) is 14.6. The zero-order valence-corrected chi connectivity index (χ0v) is 14.6. The van der Waals surface area contributed by atoms with Gasteiger partial charge in [0.05, 0.1) is 5.92 Å². The number of benzene rings is 1. The maximum atomic E-state index is 12.8. The van der Waals surface area contributed by atoms with Gasteiger partial charge in [0.2, 0.25) is 12.3 Å². The summed E-state index contributed by atoms with van der Waals surface area (Å²) in [5.74, 6) is 0.0955. The number of nitrogens with one attached hydrogen (secondary N) is 1. The number of nitrogens with zero attached hydrogens (tertiary/aromatic N) is 2. The predicted octanol–water partition coefficient (Wildman–Crippen LogP) is 2.52. The smallest absolute Gasteiger partial charge is 0.227 e. The lowest BCUT2D eigenvalue weighted by Crippen LogP contribution is -2.51. The van der Waals surface area contributed by atoms with Crippen LogP contribution < -0.4 is 10.2 Å². The molecule has 1 aromatic rings. The van der Waals surface area contributed by atoms with Crippen molar-refractivity contribution in [3.8, 4) is 0 Å². The first-order valence-corrected chi connectivity index (χ1v) is 9.02. The molecule has 0 spiro atoms. The number of piperazine rings is 1. The van der Waals surface area contributed by atoms with Crippen molar-refractivity contribution in [3.05, 3.63) is 30.3 Å². The van der Waals surface area contributed by atoms with Gasteiger partial charge in [-0.15, -0.1) is 0 Å². The number of hydrogen-bond donors (Lipinski definition) is 1. The summed E-state index contributed by atoms with van der Waals surface area (Å²) in [5, 5.41) is 2.69. The minimum atomic E-state index is -0.0926. The largest absolute Gasteiger partial charge is 0.368 e. The molecule has 134 valence electrons. The number of carbonyl (C=O) groups excluding carboxylic acids is 2. The summed E-state index contributed by atoms with van der Waals surface area (Å²) in [6.45, 7) is 5.82. The van der Waals surface area contributed by atoms with Gasteiger partial charge in [0.15, 0.2) is 0 Å². The van der Waals surface area contributed by atoms with Crippen LogP contribution in [0.5, 0.6) is 0 Å². The second kappa shape index (κ2) is 9.96. The number of anilines is 1. The Morgan fingerprint density at radius 2 is 1.92 bits per heavy atom. The molecule has 1 fully saturated rings. The summed E-state index contributed by atoms with van der Waals surface area (Å²) in [4.78, 5) is 27.7. The standard InChI is InChI=1S/C19H29N3O2.H2/c1-2-3-5-8-17(15-20-16-23)19(24)22-13-11-21(12-14-22)18-9-6-4-7-10-18;/h4,6-7,9-10,16-17H,2-3,5,8,11-15H2,1H3,(H,20,23);1H/t17-;/m1./s1. The van der Waals surface area contributed by atoms with Crippen molar-refractivity contribution in [1.82, 2.24) is 10.2 Å². The minimum Gasteiger partial charge on any atom is -0.368 e. The normalized spacial score (nSPS) is 15.9. The molecule has 1 heterocycles. The van der Waals surface area contributed by atoms with Crippen LogP contribution in [0.2, 0.25) is 0 Å². The Kier molecular flexibility index (Phi) is 7.59. The van der Waals surface area contributed by atoms with Crippen molar-refractivity contribution in [2.45, 2.75) is 32.6 Å². The van der Waals surface area contributed by atoms with Crippen molar-refractivity contribution >= 4 is 18.0 Å². The lowest BCUT2D eigenvalue weighted by molar-refractivity contribution is -0.136. The van der Waals surface area contributed by atoms with Crippen LogP contribution in [0.3, 0.4) is 0 Å². The fraction of sp³-hybridized carbons (Fsp3) is 0.579. The van der Waals surface area contributed by atoms with E-state index in [0.717, 1.165) is 51.9 Å². The summed E-state index contributed by atoms with van der Waals surface area (Å²) in [6.07, 6.45) is 4.85. The molecule has 0 radical (unpaired) electrons. The number of rotatable bonds is 9. The van der Waals surface area contributed by atoms with E-state index in [1.54, 1.807) is 0 Å². The van der Waals surface area contributed by atoms with Gasteiger partial charge in [0.25, 0.3) is 0 Å². The maximum Gasteiger partial charge on any atom is 0.227 e. The minimum absolute atomic E-state index is 0. The van der Waals surface area contributed by atoms with Crippen LogP contribution in [-0.2, 0) is 9.59 Å². The second-order valence-corrected chi connectivity index (χ2v) is 6.37. The van der Waals surface area contributed by atoms with Gasteiger partial charge in [0.1, 0.15) is 0 Å². The first-order chi connectivity index (χ1) is 11.8. The molecular formula is C19H31N3O2. The second-order valence-electron chi connectivity index (χ2n) is 6.37. The summed E-state index contributed by atoms with van der Waals surface area (Å²) < 4.78 is 0. The SMILES string of the molecule is CCCCC[C@H](CNC=O)C(=O)N1CCN(c2ccccc2)CC1.[HH]. The average Bonchev–Trinajstić information content (AvgIpc) is 2.65. The lowest BCUT2D eigenvalue weighted by Gasteiger charge is -2.37. The molecule has 24 heavy (non-hydrogen) atoms. The van der Waals surface area contributed by atoms with Crippen LogP contribution in [-0.4, -0.2) is 49.9 Å². The van der Waals surface area contributed by atoms with E-state index in [1.165, 1.54) is 5.69 Å². The first-order valence-electron chi connectivity index (χ1n) is 9.02. The van der Waals surface area contributed by atoms with E-state index in [4.69, 9.17) is 0 Å². The molecule has 1 saturated heterocycles. The molecule has 1 aliphatic rings. The number of unbranched alkanes of at least 4 members (excludes halogenated alkanes) is 2. The molecule has 1 atom stereocenters. The fourth-order valence-corrected chi connectivity index (χ4v) is 3.23. The van der Waals surface area contributed by atoms with Crippen LogP contribution in [0.1, 0.15) is 34.0 Å². The zero-order chi connectivity index (χ0) is 17.2. The third-order valence-corrected chi connectivity index (χ3v) is 4.67. The van der Waals surface area contributed by atoms with E-state index in [-0.39, 0.29) is 13.3 Å². The quantitative estimate of drug-likeness (QED) is 0.558. The first kappa shape index (κ1) is 18.3. The number of hydrogen-bond acceptors (Lipinski definition) is 3. The highest BCUT2D eigenvalue weighted by Gasteiger charge is 2.27. The topological polar surface area (TPSA) is 52.7 Å². The molecule has 2 amide bonds. The monoisotopic (exact) mass is 333 g/mol. The van der Waals surface area contributed by atoms with Crippen molar-refractivity contribution in [2.24, 2.45) is 5.92 Å². The Morgan fingerprint density at radius 3 is 2.54 bits per heavy atom. The highest BCUT2D eigenvalue weighted by molar-refractivity contribution is 5.79. The summed E-state index contributed by atoms with van der Waals surface area (Å²) in [6, 6.07) is 10.3. The third-order valence-electron chi connectivity index (χ3n) is 4.67. The molecule has 1 N–H and O–H groups in total. The molecule has 2 rings (SSSR count). The average molecular weight is 333 g/mol. The van der Waals surface area contributed by atoms with Gasteiger partial charge in [-0.2, -0.15) is 0 Å². The Bertz CT molecular complexity index is 505. The molecule has 0 aliphatic carbocycles. The lowest BCUT2D eigenvalue weighted by atomic mass is 9.99. The van der Waals surface area contributed by atoms with Gasteiger partial charge >= 0.3 is 0 Å². The summed E-state index contributed by atoms with van der Waals surface area (Å²) >= 11 is 0. The summed E-state index contributed by atoms with van der Waals surface area (Å²) in [7, 11) is 0. The summed E-state index contributed by atoms with van der Waals surface area (Å²) in [5.41, 5.74) is 1.21. The van der Waals surface area contributed by atoms with E-state index >= 15 is 0 Å². The van der Waals surface area contributed by atoms with E-state index in [1.807, 2.05) is 23.1 Å². The molecule has 0 unspecified atom stereocenters. The van der Waals surface area contributed by atoms with Crippen LogP contribution in [0.4, 0.5) is 5.69 Å². The van der Waals surface area contributed by atoms with Crippen molar-refractivity contribution in [1.29, 1.82) is 0 Å². The van der Waals surface area contributed by atoms with Gasteiger partial charge in [-0.25, -0.2) is 0 Å². The van der Waals surface area contributed by atoms with E-state index in [9.17, 15) is 9.59 Å². The van der Waals surface area contributed by atoms with E-state index in [0.29, 0.717) is 13.0 Å². The molecule has 1 aliphatic heterocycles. The Labute approximate surface area is 146 Å². The third kappa shape index (κ3) is 5.25. The molecule has 0 saturated carbocycles.